The molecule has 0 aliphatic heterocycles. The minimum atomic E-state index is -0.487. The van der Waals surface area contributed by atoms with E-state index in [-0.39, 0.29) is 5.56 Å². The van der Waals surface area contributed by atoms with E-state index in [1.165, 1.54) is 24.6 Å². The third-order valence-electron chi connectivity index (χ3n) is 2.90. The van der Waals surface area contributed by atoms with Gasteiger partial charge in [0.2, 0.25) is 0 Å². The van der Waals surface area contributed by atoms with Gasteiger partial charge in [0.05, 0.1) is 0 Å². The van der Waals surface area contributed by atoms with Crippen LogP contribution >= 0.6 is 0 Å². The Bertz CT molecular complexity index is 473. The lowest BCUT2D eigenvalue weighted by atomic mass is 10.1. The maximum absolute atomic E-state index is 13.4. The highest BCUT2D eigenvalue weighted by atomic mass is 19.1. The minimum absolute atomic E-state index is 0.0750. The summed E-state index contributed by atoms with van der Waals surface area (Å²) >= 11 is 0. The zero-order chi connectivity index (χ0) is 14.3. The molecule has 0 atom stereocenters. The lowest BCUT2D eigenvalue weighted by Gasteiger charge is -2.03. The molecule has 102 valence electrons. The van der Waals surface area contributed by atoms with Gasteiger partial charge in [-0.1, -0.05) is 44.2 Å². The predicted octanol–water partition coefficient (Wildman–Crippen LogP) is 5.28. The van der Waals surface area contributed by atoms with Crippen LogP contribution in [0.25, 0.3) is 0 Å². The second-order valence-corrected chi connectivity index (χ2v) is 4.52. The van der Waals surface area contributed by atoms with Crippen molar-refractivity contribution in [1.29, 1.82) is 0 Å². The van der Waals surface area contributed by atoms with Gasteiger partial charge in [-0.25, -0.2) is 8.78 Å². The SMILES string of the molecule is C=CC=C(C=CCc1cc(F)c(C)c(F)c1)CCC. The highest BCUT2D eigenvalue weighted by molar-refractivity contribution is 5.29. The third kappa shape index (κ3) is 4.82. The molecule has 0 aliphatic carbocycles. The van der Waals surface area contributed by atoms with Crippen LogP contribution in [0.3, 0.4) is 0 Å². The van der Waals surface area contributed by atoms with E-state index >= 15 is 0 Å². The van der Waals surface area contributed by atoms with Gasteiger partial charge in [-0.05, 0) is 43.0 Å². The van der Waals surface area contributed by atoms with Crippen LogP contribution in [0.5, 0.6) is 0 Å². The van der Waals surface area contributed by atoms with Crippen LogP contribution in [-0.4, -0.2) is 0 Å². The average molecular weight is 262 g/mol. The van der Waals surface area contributed by atoms with Gasteiger partial charge >= 0.3 is 0 Å². The topological polar surface area (TPSA) is 0 Å². The fraction of sp³-hybridized carbons (Fsp3) is 0.294. The second kappa shape index (κ2) is 7.67. The summed E-state index contributed by atoms with van der Waals surface area (Å²) in [7, 11) is 0. The molecule has 0 radical (unpaired) electrons. The lowest BCUT2D eigenvalue weighted by Crippen LogP contribution is -1.92. The number of rotatable bonds is 6. The maximum atomic E-state index is 13.4. The Morgan fingerprint density at radius 3 is 2.42 bits per heavy atom. The molecule has 0 aliphatic rings. The van der Waals surface area contributed by atoms with Crippen LogP contribution in [0.1, 0.15) is 30.9 Å². The number of benzene rings is 1. The van der Waals surface area contributed by atoms with Gasteiger partial charge in [-0.3, -0.25) is 0 Å². The van der Waals surface area contributed by atoms with Gasteiger partial charge in [-0.15, -0.1) is 0 Å². The van der Waals surface area contributed by atoms with E-state index in [0.29, 0.717) is 12.0 Å². The van der Waals surface area contributed by atoms with Crippen LogP contribution in [-0.2, 0) is 6.42 Å². The fourth-order valence-corrected chi connectivity index (χ4v) is 1.82. The summed E-state index contributed by atoms with van der Waals surface area (Å²) in [6, 6.07) is 2.78. The van der Waals surface area contributed by atoms with Crippen LogP contribution in [0.15, 0.2) is 48.6 Å². The van der Waals surface area contributed by atoms with E-state index in [1.54, 1.807) is 6.08 Å². The molecule has 0 unspecified atom stereocenters. The fourth-order valence-electron chi connectivity index (χ4n) is 1.82. The molecular formula is C17H20F2. The highest BCUT2D eigenvalue weighted by Gasteiger charge is 2.05. The van der Waals surface area contributed by atoms with Crippen molar-refractivity contribution in [2.24, 2.45) is 0 Å². The first-order valence-corrected chi connectivity index (χ1v) is 6.51. The van der Waals surface area contributed by atoms with E-state index in [9.17, 15) is 8.78 Å². The average Bonchev–Trinajstić information content (AvgIpc) is 2.36. The molecule has 1 aromatic carbocycles. The second-order valence-electron chi connectivity index (χ2n) is 4.52. The summed E-state index contributed by atoms with van der Waals surface area (Å²) in [5.41, 5.74) is 1.89. The predicted molar refractivity (Wildman–Crippen MR) is 77.1 cm³/mol. The summed E-state index contributed by atoms with van der Waals surface area (Å²) in [4.78, 5) is 0. The van der Waals surface area contributed by atoms with E-state index in [4.69, 9.17) is 0 Å². The molecule has 1 rings (SSSR count). The Morgan fingerprint density at radius 1 is 1.26 bits per heavy atom. The Kier molecular flexibility index (Phi) is 6.20. The van der Waals surface area contributed by atoms with Crippen LogP contribution < -0.4 is 0 Å². The molecule has 0 nitrogen and oxygen atoms in total. The molecule has 2 heteroatoms. The summed E-state index contributed by atoms with van der Waals surface area (Å²) in [5, 5.41) is 0. The summed E-state index contributed by atoms with van der Waals surface area (Å²) in [5.74, 6) is -0.974. The van der Waals surface area contributed by atoms with Crippen molar-refractivity contribution in [3.05, 3.63) is 71.4 Å². The number of allylic oxidation sites excluding steroid dienone is 5. The smallest absolute Gasteiger partial charge is 0.129 e. The molecule has 0 saturated heterocycles. The van der Waals surface area contributed by atoms with Gasteiger partial charge in [0.25, 0.3) is 0 Å². The lowest BCUT2D eigenvalue weighted by molar-refractivity contribution is 0.565. The maximum Gasteiger partial charge on any atom is 0.129 e. The molecule has 0 saturated carbocycles. The van der Waals surface area contributed by atoms with Gasteiger partial charge in [0.15, 0.2) is 0 Å². The number of halogens is 2. The first kappa shape index (κ1) is 15.4. The van der Waals surface area contributed by atoms with Crippen molar-refractivity contribution < 1.29 is 8.78 Å². The molecule has 0 N–H and O–H groups in total. The molecule has 0 amide bonds. The van der Waals surface area contributed by atoms with E-state index in [0.717, 1.165) is 12.8 Å². The van der Waals surface area contributed by atoms with E-state index in [1.807, 2.05) is 18.2 Å². The quantitative estimate of drug-likeness (QED) is 0.611. The molecule has 0 heterocycles. The third-order valence-corrected chi connectivity index (χ3v) is 2.90. The Morgan fingerprint density at radius 2 is 1.89 bits per heavy atom. The zero-order valence-electron chi connectivity index (χ0n) is 11.5. The largest absolute Gasteiger partial charge is 0.207 e. The van der Waals surface area contributed by atoms with Crippen molar-refractivity contribution in [3.8, 4) is 0 Å². The van der Waals surface area contributed by atoms with Gasteiger partial charge in [-0.2, -0.15) is 0 Å². The van der Waals surface area contributed by atoms with Crippen molar-refractivity contribution in [1.82, 2.24) is 0 Å². The van der Waals surface area contributed by atoms with Crippen molar-refractivity contribution in [3.63, 3.8) is 0 Å². The zero-order valence-corrected chi connectivity index (χ0v) is 11.5. The highest BCUT2D eigenvalue weighted by Crippen LogP contribution is 2.15. The Balaban J connectivity index is 2.76. The number of hydrogen-bond acceptors (Lipinski definition) is 0. The van der Waals surface area contributed by atoms with E-state index in [2.05, 4.69) is 13.5 Å². The van der Waals surface area contributed by atoms with Crippen molar-refractivity contribution in [2.45, 2.75) is 33.1 Å². The summed E-state index contributed by atoms with van der Waals surface area (Å²) in [6.45, 7) is 7.22. The number of hydrogen-bond donors (Lipinski definition) is 0. The van der Waals surface area contributed by atoms with E-state index < -0.39 is 11.6 Å². The standard InChI is InChI=1S/C17H20F2/c1-4-7-14(8-5-2)9-6-10-15-11-16(18)13(3)17(19)12-15/h4,6-7,9,11-12H,1,5,8,10H2,2-3H3. The first-order chi connectivity index (χ1) is 9.08. The minimum Gasteiger partial charge on any atom is -0.207 e. The van der Waals surface area contributed by atoms with Gasteiger partial charge in [0, 0.05) is 5.56 Å². The van der Waals surface area contributed by atoms with Crippen LogP contribution in [0.4, 0.5) is 8.78 Å². The molecule has 0 bridgehead atoms. The Labute approximate surface area is 114 Å². The molecule has 0 aromatic heterocycles. The molecule has 19 heavy (non-hydrogen) atoms. The van der Waals surface area contributed by atoms with Crippen LogP contribution in [0, 0.1) is 18.6 Å². The molecule has 0 spiro atoms. The van der Waals surface area contributed by atoms with Gasteiger partial charge in [0.1, 0.15) is 11.6 Å². The summed E-state index contributed by atoms with van der Waals surface area (Å²) in [6.07, 6.45) is 10.2. The first-order valence-electron chi connectivity index (χ1n) is 6.51. The van der Waals surface area contributed by atoms with Crippen LogP contribution in [0.2, 0.25) is 0 Å². The molecule has 1 aromatic rings. The molecular weight excluding hydrogens is 242 g/mol. The summed E-state index contributed by atoms with van der Waals surface area (Å²) < 4.78 is 26.8. The van der Waals surface area contributed by atoms with Crippen molar-refractivity contribution in [2.75, 3.05) is 0 Å². The monoisotopic (exact) mass is 262 g/mol. The normalized spacial score (nSPS) is 12.1. The molecule has 0 fully saturated rings. The van der Waals surface area contributed by atoms with Crippen molar-refractivity contribution >= 4 is 0 Å². The van der Waals surface area contributed by atoms with Gasteiger partial charge < -0.3 is 0 Å². The Hall–Kier alpha value is -1.70.